The third-order valence-corrected chi connectivity index (χ3v) is 3.75. The Balaban J connectivity index is 1.69. The Morgan fingerprint density at radius 3 is 2.65 bits per heavy atom. The van der Waals surface area contributed by atoms with E-state index in [9.17, 15) is 4.79 Å². The maximum atomic E-state index is 11.2. The molecule has 4 aromatic rings. The van der Waals surface area contributed by atoms with E-state index < -0.39 is 0 Å². The molecular formula is C18H13N3O2. The highest BCUT2D eigenvalue weighted by Crippen LogP contribution is 2.21. The van der Waals surface area contributed by atoms with Crippen molar-refractivity contribution in [2.45, 2.75) is 6.54 Å². The van der Waals surface area contributed by atoms with E-state index in [0.717, 1.165) is 22.8 Å². The van der Waals surface area contributed by atoms with E-state index in [4.69, 9.17) is 4.52 Å². The summed E-state index contributed by atoms with van der Waals surface area (Å²) >= 11 is 0. The second-order valence-electron chi connectivity index (χ2n) is 5.23. The summed E-state index contributed by atoms with van der Waals surface area (Å²) in [7, 11) is 0. The fraction of sp³-hybridized carbons (Fsp3) is 0.0556. The van der Waals surface area contributed by atoms with Gasteiger partial charge in [-0.3, -0.25) is 4.79 Å². The van der Waals surface area contributed by atoms with Crippen LogP contribution in [-0.2, 0) is 6.54 Å². The Labute approximate surface area is 132 Å². The maximum Gasteiger partial charge on any atom is 0.246 e. The van der Waals surface area contributed by atoms with Crippen LogP contribution in [-0.4, -0.2) is 21.0 Å². The highest BCUT2D eigenvalue weighted by molar-refractivity contribution is 5.97. The molecule has 0 fully saturated rings. The zero-order chi connectivity index (χ0) is 15.6. The summed E-state index contributed by atoms with van der Waals surface area (Å²) in [6.45, 7) is 0.425. The van der Waals surface area contributed by atoms with Crippen LogP contribution in [0.4, 0.5) is 0 Å². The summed E-state index contributed by atoms with van der Waals surface area (Å²) in [6, 6.07) is 17.4. The third-order valence-electron chi connectivity index (χ3n) is 3.75. The fourth-order valence-corrected chi connectivity index (χ4v) is 2.67. The van der Waals surface area contributed by atoms with Gasteiger partial charge in [0.2, 0.25) is 11.7 Å². The molecule has 112 valence electrons. The molecule has 5 heteroatoms. The molecule has 0 spiro atoms. The highest BCUT2D eigenvalue weighted by Gasteiger charge is 2.12. The highest BCUT2D eigenvalue weighted by atomic mass is 16.5. The summed E-state index contributed by atoms with van der Waals surface area (Å²) in [5, 5.41) is 4.94. The van der Waals surface area contributed by atoms with Gasteiger partial charge in [0.05, 0.1) is 0 Å². The molecule has 0 amide bonds. The average molecular weight is 303 g/mol. The Morgan fingerprint density at radius 2 is 1.83 bits per heavy atom. The Morgan fingerprint density at radius 1 is 1.04 bits per heavy atom. The number of benzene rings is 2. The van der Waals surface area contributed by atoms with Crippen LogP contribution in [0.3, 0.4) is 0 Å². The number of carbonyl (C=O) groups is 1. The van der Waals surface area contributed by atoms with Crippen LogP contribution in [0.25, 0.3) is 22.3 Å². The SMILES string of the molecule is O=Cc1cn(Cc2nc(-c3ccccc3)no2)c2ccccc12. The molecule has 2 heterocycles. The van der Waals surface area contributed by atoms with E-state index in [0.29, 0.717) is 23.8 Å². The van der Waals surface area contributed by atoms with Crippen molar-refractivity contribution >= 4 is 17.2 Å². The van der Waals surface area contributed by atoms with Crippen LogP contribution in [0.2, 0.25) is 0 Å². The number of hydrogen-bond acceptors (Lipinski definition) is 4. The fourth-order valence-electron chi connectivity index (χ4n) is 2.67. The Bertz CT molecular complexity index is 970. The Kier molecular flexibility index (Phi) is 3.24. The zero-order valence-corrected chi connectivity index (χ0v) is 12.2. The lowest BCUT2D eigenvalue weighted by Gasteiger charge is -2.00. The van der Waals surface area contributed by atoms with Gasteiger partial charge in [0, 0.05) is 28.2 Å². The van der Waals surface area contributed by atoms with Gasteiger partial charge in [-0.25, -0.2) is 0 Å². The van der Waals surface area contributed by atoms with E-state index in [2.05, 4.69) is 10.1 Å². The van der Waals surface area contributed by atoms with Crippen molar-refractivity contribution in [3.05, 3.63) is 72.2 Å². The molecule has 0 N–H and O–H groups in total. The lowest BCUT2D eigenvalue weighted by Crippen LogP contribution is -1.98. The van der Waals surface area contributed by atoms with E-state index in [1.165, 1.54) is 0 Å². The molecule has 5 nitrogen and oxygen atoms in total. The number of aldehydes is 1. The van der Waals surface area contributed by atoms with Gasteiger partial charge in [0.1, 0.15) is 6.54 Å². The molecule has 0 atom stereocenters. The van der Waals surface area contributed by atoms with Gasteiger partial charge in [-0.2, -0.15) is 4.98 Å². The van der Waals surface area contributed by atoms with Crippen molar-refractivity contribution in [3.8, 4) is 11.4 Å². The number of nitrogens with zero attached hydrogens (tertiary/aromatic N) is 3. The molecule has 23 heavy (non-hydrogen) atoms. The number of carbonyl (C=O) groups excluding carboxylic acids is 1. The average Bonchev–Trinajstić information content (AvgIpc) is 3.21. The van der Waals surface area contributed by atoms with Crippen LogP contribution >= 0.6 is 0 Å². The van der Waals surface area contributed by atoms with Crippen molar-refractivity contribution < 1.29 is 9.32 Å². The quantitative estimate of drug-likeness (QED) is 0.541. The van der Waals surface area contributed by atoms with Gasteiger partial charge in [-0.1, -0.05) is 53.7 Å². The molecule has 0 aliphatic carbocycles. The standard InChI is InChI=1S/C18H13N3O2/c22-12-14-10-21(16-9-5-4-8-15(14)16)11-17-19-18(20-23-17)13-6-2-1-3-7-13/h1-10,12H,11H2. The minimum Gasteiger partial charge on any atom is -0.337 e. The molecule has 0 radical (unpaired) electrons. The van der Waals surface area contributed by atoms with Crippen molar-refractivity contribution in [1.82, 2.24) is 14.7 Å². The van der Waals surface area contributed by atoms with Crippen molar-refractivity contribution in [3.63, 3.8) is 0 Å². The molecule has 0 aliphatic rings. The van der Waals surface area contributed by atoms with Gasteiger partial charge >= 0.3 is 0 Å². The van der Waals surface area contributed by atoms with Crippen LogP contribution in [0.5, 0.6) is 0 Å². The normalized spacial score (nSPS) is 11.0. The summed E-state index contributed by atoms with van der Waals surface area (Å²) in [4.78, 5) is 15.6. The van der Waals surface area contributed by atoms with E-state index in [1.807, 2.05) is 65.4 Å². The van der Waals surface area contributed by atoms with Crippen molar-refractivity contribution in [2.24, 2.45) is 0 Å². The molecule has 2 aromatic carbocycles. The summed E-state index contributed by atoms with van der Waals surface area (Å²) in [5.41, 5.74) is 2.53. The first-order valence-electron chi connectivity index (χ1n) is 7.26. The summed E-state index contributed by atoms with van der Waals surface area (Å²) in [6.07, 6.45) is 2.67. The van der Waals surface area contributed by atoms with Crippen LogP contribution in [0.1, 0.15) is 16.2 Å². The van der Waals surface area contributed by atoms with Gasteiger partial charge < -0.3 is 9.09 Å². The number of aromatic nitrogens is 3. The first-order chi connectivity index (χ1) is 11.3. The number of fused-ring (bicyclic) bond motifs is 1. The molecule has 0 bridgehead atoms. The van der Waals surface area contributed by atoms with Gasteiger partial charge in [-0.15, -0.1) is 0 Å². The Hall–Kier alpha value is -3.21. The smallest absolute Gasteiger partial charge is 0.246 e. The second-order valence-corrected chi connectivity index (χ2v) is 5.23. The number of hydrogen-bond donors (Lipinski definition) is 0. The summed E-state index contributed by atoms with van der Waals surface area (Å²) < 4.78 is 7.29. The minimum atomic E-state index is 0.425. The van der Waals surface area contributed by atoms with Crippen molar-refractivity contribution in [2.75, 3.05) is 0 Å². The van der Waals surface area contributed by atoms with Crippen molar-refractivity contribution in [1.29, 1.82) is 0 Å². The monoisotopic (exact) mass is 303 g/mol. The van der Waals surface area contributed by atoms with Crippen LogP contribution < -0.4 is 0 Å². The van der Waals surface area contributed by atoms with Crippen LogP contribution in [0.15, 0.2) is 65.3 Å². The number of rotatable bonds is 4. The molecule has 2 aromatic heterocycles. The van der Waals surface area contributed by atoms with Gasteiger partial charge in [-0.05, 0) is 6.07 Å². The predicted molar refractivity (Wildman–Crippen MR) is 86.2 cm³/mol. The minimum absolute atomic E-state index is 0.425. The van der Waals surface area contributed by atoms with E-state index in [1.54, 1.807) is 0 Å². The first kappa shape index (κ1) is 13.5. The second kappa shape index (κ2) is 5.53. The molecule has 0 unspecified atom stereocenters. The van der Waals surface area contributed by atoms with E-state index >= 15 is 0 Å². The third kappa shape index (κ3) is 2.42. The largest absolute Gasteiger partial charge is 0.337 e. The summed E-state index contributed by atoms with van der Waals surface area (Å²) in [5.74, 6) is 1.06. The maximum absolute atomic E-state index is 11.2. The van der Waals surface area contributed by atoms with Gasteiger partial charge in [0.15, 0.2) is 6.29 Å². The van der Waals surface area contributed by atoms with Gasteiger partial charge in [0.25, 0.3) is 0 Å². The lowest BCUT2D eigenvalue weighted by molar-refractivity contribution is 0.112. The predicted octanol–water partition coefficient (Wildman–Crippen LogP) is 3.55. The lowest BCUT2D eigenvalue weighted by atomic mass is 10.2. The molecule has 4 rings (SSSR count). The zero-order valence-electron chi connectivity index (χ0n) is 12.2. The topological polar surface area (TPSA) is 60.9 Å². The molecule has 0 saturated carbocycles. The first-order valence-corrected chi connectivity index (χ1v) is 7.26. The molecular weight excluding hydrogens is 290 g/mol. The number of para-hydroxylation sites is 1. The molecule has 0 aliphatic heterocycles. The molecule has 0 saturated heterocycles. The van der Waals surface area contributed by atoms with E-state index in [-0.39, 0.29) is 0 Å². The van der Waals surface area contributed by atoms with Crippen LogP contribution in [0, 0.1) is 0 Å².